The molecule has 1 N–H and O–H groups in total. The zero-order chi connectivity index (χ0) is 14.0. The van der Waals surface area contributed by atoms with Gasteiger partial charge in [0.1, 0.15) is 11.9 Å². The van der Waals surface area contributed by atoms with Crippen LogP contribution in [0.4, 0.5) is 5.69 Å². The number of benzene rings is 1. The van der Waals surface area contributed by atoms with E-state index < -0.39 is 6.10 Å². The fourth-order valence-electron chi connectivity index (χ4n) is 2.26. The number of nitrogens with zero attached hydrogens (tertiary/aromatic N) is 1. The maximum atomic E-state index is 12.1. The molecular formula is C15H21NO3. The summed E-state index contributed by atoms with van der Waals surface area (Å²) in [6, 6.07) is 5.53. The number of anilines is 1. The van der Waals surface area contributed by atoms with E-state index in [9.17, 15) is 9.90 Å². The van der Waals surface area contributed by atoms with Crippen molar-refractivity contribution in [2.24, 2.45) is 0 Å². The summed E-state index contributed by atoms with van der Waals surface area (Å²) < 4.78 is 5.87. The molecule has 0 fully saturated rings. The van der Waals surface area contributed by atoms with E-state index in [2.05, 4.69) is 6.92 Å². The lowest BCUT2D eigenvalue weighted by molar-refractivity contribution is -0.118. The molecule has 4 nitrogen and oxygen atoms in total. The SMILES string of the molecule is CCC(=O)N1CC(CC)Oc2ccc(C(C)O)cc21. The first-order valence-electron chi connectivity index (χ1n) is 6.85. The van der Waals surface area contributed by atoms with E-state index in [4.69, 9.17) is 4.74 Å². The highest BCUT2D eigenvalue weighted by atomic mass is 16.5. The van der Waals surface area contributed by atoms with Crippen LogP contribution in [0.25, 0.3) is 0 Å². The van der Waals surface area contributed by atoms with E-state index in [1.54, 1.807) is 11.8 Å². The van der Waals surface area contributed by atoms with Gasteiger partial charge in [-0.05, 0) is 31.0 Å². The van der Waals surface area contributed by atoms with Crippen LogP contribution in [-0.4, -0.2) is 23.7 Å². The van der Waals surface area contributed by atoms with Gasteiger partial charge in [0, 0.05) is 6.42 Å². The van der Waals surface area contributed by atoms with Gasteiger partial charge in [-0.1, -0.05) is 19.9 Å². The van der Waals surface area contributed by atoms with Gasteiger partial charge >= 0.3 is 0 Å². The second-order valence-electron chi connectivity index (χ2n) is 4.91. The minimum atomic E-state index is -0.548. The summed E-state index contributed by atoms with van der Waals surface area (Å²) in [4.78, 5) is 13.9. The monoisotopic (exact) mass is 263 g/mol. The highest BCUT2D eigenvalue weighted by Gasteiger charge is 2.28. The Morgan fingerprint density at radius 2 is 2.26 bits per heavy atom. The molecule has 1 heterocycles. The Morgan fingerprint density at radius 3 is 2.84 bits per heavy atom. The zero-order valence-electron chi connectivity index (χ0n) is 11.7. The van der Waals surface area contributed by atoms with E-state index in [-0.39, 0.29) is 12.0 Å². The molecule has 104 valence electrons. The van der Waals surface area contributed by atoms with Crippen LogP contribution in [0.1, 0.15) is 45.3 Å². The number of rotatable bonds is 3. The third-order valence-corrected chi connectivity index (χ3v) is 3.49. The van der Waals surface area contributed by atoms with Crippen LogP contribution in [0.2, 0.25) is 0 Å². The quantitative estimate of drug-likeness (QED) is 0.912. The van der Waals surface area contributed by atoms with E-state index in [0.29, 0.717) is 13.0 Å². The maximum Gasteiger partial charge on any atom is 0.226 e. The molecule has 0 bridgehead atoms. The summed E-state index contributed by atoms with van der Waals surface area (Å²) in [7, 11) is 0. The van der Waals surface area contributed by atoms with Crippen LogP contribution < -0.4 is 9.64 Å². The Bertz CT molecular complexity index is 470. The van der Waals surface area contributed by atoms with Gasteiger partial charge in [-0.2, -0.15) is 0 Å². The Kier molecular flexibility index (Phi) is 4.10. The Balaban J connectivity index is 2.42. The molecule has 0 spiro atoms. The minimum absolute atomic E-state index is 0.0420. The molecule has 1 aromatic rings. The fraction of sp³-hybridized carbons (Fsp3) is 0.533. The molecule has 0 saturated heterocycles. The van der Waals surface area contributed by atoms with Crippen molar-refractivity contribution >= 4 is 11.6 Å². The summed E-state index contributed by atoms with van der Waals surface area (Å²) in [6.07, 6.45) is 0.827. The lowest BCUT2D eigenvalue weighted by Crippen LogP contribution is -2.43. The average molecular weight is 263 g/mol. The van der Waals surface area contributed by atoms with Crippen LogP contribution in [0, 0.1) is 0 Å². The number of aliphatic hydroxyl groups is 1. The van der Waals surface area contributed by atoms with Crippen molar-refractivity contribution in [1.29, 1.82) is 0 Å². The zero-order valence-corrected chi connectivity index (χ0v) is 11.7. The van der Waals surface area contributed by atoms with Crippen LogP contribution >= 0.6 is 0 Å². The average Bonchev–Trinajstić information content (AvgIpc) is 2.44. The summed E-state index contributed by atoms with van der Waals surface area (Å²) in [5.41, 5.74) is 1.57. The third-order valence-electron chi connectivity index (χ3n) is 3.49. The molecular weight excluding hydrogens is 242 g/mol. The third kappa shape index (κ3) is 2.73. The van der Waals surface area contributed by atoms with Crippen molar-refractivity contribution in [2.75, 3.05) is 11.4 Å². The predicted molar refractivity (Wildman–Crippen MR) is 74.4 cm³/mol. The molecule has 1 aliphatic rings. The van der Waals surface area contributed by atoms with Crippen LogP contribution in [0.15, 0.2) is 18.2 Å². The maximum absolute atomic E-state index is 12.1. The van der Waals surface area contributed by atoms with Crippen molar-refractivity contribution < 1.29 is 14.6 Å². The predicted octanol–water partition coefficient (Wildman–Crippen LogP) is 2.65. The highest BCUT2D eigenvalue weighted by Crippen LogP contribution is 2.36. The first-order chi connectivity index (χ1) is 9.06. The molecule has 0 aliphatic carbocycles. The largest absolute Gasteiger partial charge is 0.486 e. The van der Waals surface area contributed by atoms with Crippen molar-refractivity contribution in [3.8, 4) is 5.75 Å². The van der Waals surface area contributed by atoms with Gasteiger partial charge in [0.15, 0.2) is 0 Å². The summed E-state index contributed by atoms with van der Waals surface area (Å²) in [5.74, 6) is 0.815. The van der Waals surface area contributed by atoms with Gasteiger partial charge in [0.25, 0.3) is 0 Å². The van der Waals surface area contributed by atoms with Gasteiger partial charge in [-0.3, -0.25) is 4.79 Å². The smallest absolute Gasteiger partial charge is 0.226 e. The Morgan fingerprint density at radius 1 is 1.53 bits per heavy atom. The van der Waals surface area contributed by atoms with E-state index in [0.717, 1.165) is 23.4 Å². The van der Waals surface area contributed by atoms with Crippen LogP contribution in [-0.2, 0) is 4.79 Å². The molecule has 1 amide bonds. The highest BCUT2D eigenvalue weighted by molar-refractivity contribution is 5.95. The first kappa shape index (κ1) is 13.9. The molecule has 4 heteroatoms. The Labute approximate surface area is 114 Å². The Hall–Kier alpha value is -1.55. The van der Waals surface area contributed by atoms with Crippen molar-refractivity contribution in [2.45, 2.75) is 45.8 Å². The van der Waals surface area contributed by atoms with E-state index in [1.165, 1.54) is 0 Å². The number of fused-ring (bicyclic) bond motifs is 1. The molecule has 2 rings (SSSR count). The fourth-order valence-corrected chi connectivity index (χ4v) is 2.26. The van der Waals surface area contributed by atoms with Gasteiger partial charge in [-0.25, -0.2) is 0 Å². The van der Waals surface area contributed by atoms with E-state index in [1.807, 2.05) is 25.1 Å². The number of ether oxygens (including phenoxy) is 1. The van der Waals surface area contributed by atoms with Crippen molar-refractivity contribution in [3.05, 3.63) is 23.8 Å². The number of carbonyl (C=O) groups is 1. The summed E-state index contributed by atoms with van der Waals surface area (Å²) in [5, 5.41) is 9.66. The molecule has 0 saturated carbocycles. The standard InChI is InChI=1S/C15H21NO3/c1-4-12-9-16(15(18)5-2)13-8-11(10(3)17)6-7-14(13)19-12/h6-8,10,12,17H,4-5,9H2,1-3H3. The van der Waals surface area contributed by atoms with Gasteiger partial charge < -0.3 is 14.7 Å². The molecule has 0 radical (unpaired) electrons. The summed E-state index contributed by atoms with van der Waals surface area (Å²) >= 11 is 0. The lowest BCUT2D eigenvalue weighted by Gasteiger charge is -2.35. The molecule has 1 aromatic carbocycles. The number of hydrogen-bond acceptors (Lipinski definition) is 3. The molecule has 2 atom stereocenters. The topological polar surface area (TPSA) is 49.8 Å². The molecule has 19 heavy (non-hydrogen) atoms. The summed E-state index contributed by atoms with van der Waals surface area (Å²) in [6.45, 7) is 6.21. The van der Waals surface area contributed by atoms with Gasteiger partial charge in [0.2, 0.25) is 5.91 Å². The minimum Gasteiger partial charge on any atom is -0.486 e. The number of aliphatic hydroxyl groups excluding tert-OH is 1. The molecule has 2 unspecified atom stereocenters. The second-order valence-corrected chi connectivity index (χ2v) is 4.91. The normalized spacial score (nSPS) is 19.6. The van der Waals surface area contributed by atoms with Crippen LogP contribution in [0.3, 0.4) is 0 Å². The van der Waals surface area contributed by atoms with Gasteiger partial charge in [-0.15, -0.1) is 0 Å². The number of hydrogen-bond donors (Lipinski definition) is 1. The van der Waals surface area contributed by atoms with Crippen LogP contribution in [0.5, 0.6) is 5.75 Å². The van der Waals surface area contributed by atoms with Crippen molar-refractivity contribution in [1.82, 2.24) is 0 Å². The number of amides is 1. The second kappa shape index (κ2) is 5.61. The van der Waals surface area contributed by atoms with Gasteiger partial charge in [0.05, 0.1) is 18.3 Å². The molecule has 1 aliphatic heterocycles. The van der Waals surface area contributed by atoms with Crippen molar-refractivity contribution in [3.63, 3.8) is 0 Å². The first-order valence-corrected chi connectivity index (χ1v) is 6.85. The molecule has 0 aromatic heterocycles. The lowest BCUT2D eigenvalue weighted by atomic mass is 10.1. The van der Waals surface area contributed by atoms with E-state index >= 15 is 0 Å². The number of carbonyl (C=O) groups excluding carboxylic acids is 1.